The second-order valence-corrected chi connectivity index (χ2v) is 3.14. The second-order valence-electron chi connectivity index (χ2n) is 3.14. The number of carboxylic acid groups (broad SMARTS) is 1. The Labute approximate surface area is 78.4 Å². The molecule has 1 amide bonds. The molecule has 0 saturated carbocycles. The lowest BCUT2D eigenvalue weighted by molar-refractivity contribution is -0.137. The summed E-state index contributed by atoms with van der Waals surface area (Å²) in [6.07, 6.45) is 0.278. The van der Waals surface area contributed by atoms with Gasteiger partial charge in [-0.3, -0.25) is 9.59 Å². The van der Waals surface area contributed by atoms with Crippen LogP contribution in [-0.2, 0) is 9.59 Å². The molecule has 0 heterocycles. The smallest absolute Gasteiger partial charge is 0.303 e. The van der Waals surface area contributed by atoms with Gasteiger partial charge in [0.15, 0.2) is 0 Å². The SMILES string of the molecule is C=C(C)C(N)=O.CC(C)CC(=O)O. The van der Waals surface area contributed by atoms with Gasteiger partial charge in [0.25, 0.3) is 0 Å². The standard InChI is InChI=1S/C5H10O2.C4H7NO/c1-4(2)3-5(6)7;1-3(2)4(5)6/h4H,3H2,1-2H3,(H,6,7);1H2,2H3,(H2,5,6). The first-order valence-corrected chi connectivity index (χ1v) is 3.94. The van der Waals surface area contributed by atoms with E-state index in [4.69, 9.17) is 10.8 Å². The van der Waals surface area contributed by atoms with Crippen LogP contribution in [0.2, 0.25) is 0 Å². The van der Waals surface area contributed by atoms with Crippen molar-refractivity contribution in [1.29, 1.82) is 0 Å². The van der Waals surface area contributed by atoms with Gasteiger partial charge >= 0.3 is 5.97 Å². The summed E-state index contributed by atoms with van der Waals surface area (Å²) < 4.78 is 0. The van der Waals surface area contributed by atoms with Crippen molar-refractivity contribution in [3.63, 3.8) is 0 Å². The van der Waals surface area contributed by atoms with Gasteiger partial charge < -0.3 is 10.8 Å². The first-order chi connectivity index (χ1) is 5.77. The largest absolute Gasteiger partial charge is 0.481 e. The van der Waals surface area contributed by atoms with Gasteiger partial charge in [0.1, 0.15) is 0 Å². The van der Waals surface area contributed by atoms with Crippen LogP contribution in [0.4, 0.5) is 0 Å². The Bertz CT molecular complexity index is 185. The van der Waals surface area contributed by atoms with Crippen molar-refractivity contribution in [2.24, 2.45) is 11.7 Å². The summed E-state index contributed by atoms with van der Waals surface area (Å²) in [7, 11) is 0. The Balaban J connectivity index is 0. The van der Waals surface area contributed by atoms with Crippen LogP contribution in [0.5, 0.6) is 0 Å². The van der Waals surface area contributed by atoms with E-state index in [1.165, 1.54) is 0 Å². The van der Waals surface area contributed by atoms with Crippen molar-refractivity contribution >= 4 is 11.9 Å². The molecule has 0 unspecified atom stereocenters. The Morgan fingerprint density at radius 2 is 1.77 bits per heavy atom. The zero-order valence-electron chi connectivity index (χ0n) is 8.33. The molecule has 0 aliphatic carbocycles. The molecule has 4 nitrogen and oxygen atoms in total. The Kier molecular flexibility index (Phi) is 8.02. The number of carbonyl (C=O) groups is 2. The van der Waals surface area contributed by atoms with Gasteiger partial charge in [-0.1, -0.05) is 20.4 Å². The van der Waals surface area contributed by atoms with Crippen LogP contribution in [0.1, 0.15) is 27.2 Å². The van der Waals surface area contributed by atoms with E-state index in [-0.39, 0.29) is 12.3 Å². The van der Waals surface area contributed by atoms with Crippen LogP contribution in [-0.4, -0.2) is 17.0 Å². The van der Waals surface area contributed by atoms with E-state index in [0.717, 1.165) is 0 Å². The number of hydrogen-bond donors (Lipinski definition) is 2. The van der Waals surface area contributed by atoms with Crippen molar-refractivity contribution < 1.29 is 14.7 Å². The maximum absolute atomic E-state index is 9.82. The molecule has 0 fully saturated rings. The number of nitrogens with two attached hydrogens (primary N) is 1. The van der Waals surface area contributed by atoms with Gasteiger partial charge in [0.2, 0.25) is 5.91 Å². The highest BCUT2D eigenvalue weighted by atomic mass is 16.4. The molecule has 0 aromatic carbocycles. The summed E-state index contributed by atoms with van der Waals surface area (Å²) in [6.45, 7) is 8.62. The summed E-state index contributed by atoms with van der Waals surface area (Å²) in [5.74, 6) is -0.873. The van der Waals surface area contributed by atoms with Crippen LogP contribution < -0.4 is 5.73 Å². The van der Waals surface area contributed by atoms with Crippen molar-refractivity contribution in [3.8, 4) is 0 Å². The highest BCUT2D eigenvalue weighted by molar-refractivity contribution is 5.90. The van der Waals surface area contributed by atoms with Gasteiger partial charge in [-0.15, -0.1) is 0 Å². The molecular weight excluding hydrogens is 170 g/mol. The fraction of sp³-hybridized carbons (Fsp3) is 0.556. The molecule has 0 bridgehead atoms. The molecule has 0 aromatic heterocycles. The molecular formula is C9H17NO3. The maximum atomic E-state index is 9.82. The molecule has 4 heteroatoms. The topological polar surface area (TPSA) is 80.4 Å². The minimum Gasteiger partial charge on any atom is -0.481 e. The normalized spacial score (nSPS) is 8.62. The highest BCUT2D eigenvalue weighted by Crippen LogP contribution is 1.96. The molecule has 0 atom stereocenters. The van der Waals surface area contributed by atoms with E-state index in [2.05, 4.69) is 6.58 Å². The zero-order valence-corrected chi connectivity index (χ0v) is 8.33. The predicted molar refractivity (Wildman–Crippen MR) is 51.1 cm³/mol. The highest BCUT2D eigenvalue weighted by Gasteiger charge is 1.98. The molecule has 0 saturated heterocycles. The van der Waals surface area contributed by atoms with E-state index < -0.39 is 11.9 Å². The van der Waals surface area contributed by atoms with Crippen LogP contribution >= 0.6 is 0 Å². The van der Waals surface area contributed by atoms with Gasteiger partial charge in [0.05, 0.1) is 0 Å². The summed E-state index contributed by atoms with van der Waals surface area (Å²) in [4.78, 5) is 19.6. The summed E-state index contributed by atoms with van der Waals surface area (Å²) in [5, 5.41) is 8.08. The second kappa shape index (κ2) is 7.34. The first kappa shape index (κ1) is 14.2. The number of amides is 1. The average Bonchev–Trinajstić information content (AvgIpc) is 1.84. The third-order valence-corrected chi connectivity index (χ3v) is 1.00. The van der Waals surface area contributed by atoms with E-state index in [9.17, 15) is 9.59 Å². The predicted octanol–water partition coefficient (Wildman–Crippen LogP) is 1.16. The quantitative estimate of drug-likeness (QED) is 0.651. The fourth-order valence-electron chi connectivity index (χ4n) is 0.349. The summed E-state index contributed by atoms with van der Waals surface area (Å²) in [5.41, 5.74) is 5.09. The van der Waals surface area contributed by atoms with E-state index in [0.29, 0.717) is 5.57 Å². The van der Waals surface area contributed by atoms with Crippen molar-refractivity contribution in [2.45, 2.75) is 27.2 Å². The van der Waals surface area contributed by atoms with Crippen molar-refractivity contribution in [2.75, 3.05) is 0 Å². The third kappa shape index (κ3) is 18.0. The number of hydrogen-bond acceptors (Lipinski definition) is 2. The zero-order chi connectivity index (χ0) is 11.0. The fourth-order valence-corrected chi connectivity index (χ4v) is 0.349. The van der Waals surface area contributed by atoms with Gasteiger partial charge in [-0.25, -0.2) is 0 Å². The van der Waals surface area contributed by atoms with E-state index in [1.807, 2.05) is 13.8 Å². The van der Waals surface area contributed by atoms with Crippen LogP contribution in [0, 0.1) is 5.92 Å². The summed E-state index contributed by atoms with van der Waals surface area (Å²) in [6, 6.07) is 0. The maximum Gasteiger partial charge on any atom is 0.303 e. The Morgan fingerprint density at radius 3 is 1.77 bits per heavy atom. The molecule has 13 heavy (non-hydrogen) atoms. The lowest BCUT2D eigenvalue weighted by Crippen LogP contribution is -2.10. The lowest BCUT2D eigenvalue weighted by Gasteiger charge is -1.94. The Morgan fingerprint density at radius 1 is 1.46 bits per heavy atom. The van der Waals surface area contributed by atoms with E-state index in [1.54, 1.807) is 6.92 Å². The lowest BCUT2D eigenvalue weighted by atomic mass is 10.1. The van der Waals surface area contributed by atoms with Crippen LogP contribution in [0.25, 0.3) is 0 Å². The molecule has 0 spiro atoms. The first-order valence-electron chi connectivity index (χ1n) is 3.94. The minimum atomic E-state index is -0.713. The van der Waals surface area contributed by atoms with Crippen LogP contribution in [0.3, 0.4) is 0 Å². The van der Waals surface area contributed by atoms with Gasteiger partial charge in [0, 0.05) is 12.0 Å². The molecule has 3 N–H and O–H groups in total. The molecule has 0 aliphatic heterocycles. The number of carbonyl (C=O) groups excluding carboxylic acids is 1. The van der Waals surface area contributed by atoms with Crippen molar-refractivity contribution in [3.05, 3.63) is 12.2 Å². The number of carboxylic acids is 1. The molecule has 76 valence electrons. The minimum absolute atomic E-state index is 0.275. The third-order valence-electron chi connectivity index (χ3n) is 1.00. The summed E-state index contributed by atoms with van der Waals surface area (Å²) >= 11 is 0. The van der Waals surface area contributed by atoms with E-state index >= 15 is 0 Å². The number of primary amides is 1. The van der Waals surface area contributed by atoms with Gasteiger partial charge in [-0.05, 0) is 12.8 Å². The van der Waals surface area contributed by atoms with Crippen LogP contribution in [0.15, 0.2) is 12.2 Å². The Hall–Kier alpha value is -1.32. The molecule has 0 aliphatic rings. The van der Waals surface area contributed by atoms with Gasteiger partial charge in [-0.2, -0.15) is 0 Å². The number of rotatable bonds is 3. The molecule has 0 rings (SSSR count). The average molecular weight is 187 g/mol. The molecule has 0 aromatic rings. The monoisotopic (exact) mass is 187 g/mol. The molecule has 0 radical (unpaired) electrons. The number of aliphatic carboxylic acids is 1. The van der Waals surface area contributed by atoms with Crippen molar-refractivity contribution in [1.82, 2.24) is 0 Å².